The molecule has 1 N–H and O–H groups in total. The summed E-state index contributed by atoms with van der Waals surface area (Å²) in [5.41, 5.74) is -0.0360. The number of rotatable bonds is 7. The lowest BCUT2D eigenvalue weighted by atomic mass is 9.85. The predicted octanol–water partition coefficient (Wildman–Crippen LogP) is 1.90. The molecule has 0 bridgehead atoms. The quantitative estimate of drug-likeness (QED) is 0.773. The molecule has 0 aliphatic heterocycles. The number of aromatic nitrogens is 2. The van der Waals surface area contributed by atoms with E-state index in [1.54, 1.807) is 7.05 Å². The number of hydrogen-bond donors (Lipinski definition) is 1. The molecule has 1 heterocycles. The summed E-state index contributed by atoms with van der Waals surface area (Å²) in [6, 6.07) is 1.50. The van der Waals surface area contributed by atoms with Crippen LogP contribution in [0, 0.1) is 5.41 Å². The van der Waals surface area contributed by atoms with Gasteiger partial charge in [-0.1, -0.05) is 29.8 Å². The van der Waals surface area contributed by atoms with Gasteiger partial charge in [0, 0.05) is 18.9 Å². The number of halogens is 1. The van der Waals surface area contributed by atoms with Crippen LogP contribution in [0.5, 0.6) is 0 Å². The second-order valence-electron chi connectivity index (χ2n) is 4.46. The van der Waals surface area contributed by atoms with Gasteiger partial charge in [-0.3, -0.25) is 4.68 Å². The van der Waals surface area contributed by atoms with Crippen LogP contribution >= 0.6 is 15.9 Å². The van der Waals surface area contributed by atoms with Gasteiger partial charge in [0.05, 0.1) is 6.20 Å². The fraction of sp³-hybridized carbons (Fsp3) is 0.727. The highest BCUT2D eigenvalue weighted by atomic mass is 79.9. The molecule has 1 aromatic heterocycles. The average Bonchev–Trinajstić information content (AvgIpc) is 2.79. The molecule has 0 aliphatic rings. The molecule has 0 radical (unpaired) electrons. The first-order chi connectivity index (χ1) is 8.40. The fourth-order valence-corrected chi connectivity index (χ4v) is 3.95. The molecule has 0 unspecified atom stereocenters. The standard InChI is InChI=1S/C11H20BrN3O2S/c1-4-11(5-2,8-12)9-14-18(16,17)10-6-7-13-15(10)3/h6-7,14H,4-5,8-9H2,1-3H3. The van der Waals surface area contributed by atoms with E-state index in [1.807, 2.05) is 0 Å². The first kappa shape index (κ1) is 15.7. The second-order valence-corrected chi connectivity index (χ2v) is 6.73. The lowest BCUT2D eigenvalue weighted by Crippen LogP contribution is -2.38. The molecule has 7 heteroatoms. The first-order valence-corrected chi connectivity index (χ1v) is 8.55. The molecule has 104 valence electrons. The van der Waals surface area contributed by atoms with Gasteiger partial charge in [0.1, 0.15) is 0 Å². The summed E-state index contributed by atoms with van der Waals surface area (Å²) in [4.78, 5) is 0. The third kappa shape index (κ3) is 3.33. The largest absolute Gasteiger partial charge is 0.257 e. The molecule has 1 aromatic rings. The van der Waals surface area contributed by atoms with Crippen molar-refractivity contribution in [3.63, 3.8) is 0 Å². The lowest BCUT2D eigenvalue weighted by molar-refractivity contribution is 0.309. The van der Waals surface area contributed by atoms with Crippen LogP contribution in [-0.4, -0.2) is 30.1 Å². The van der Waals surface area contributed by atoms with E-state index >= 15 is 0 Å². The van der Waals surface area contributed by atoms with Gasteiger partial charge < -0.3 is 0 Å². The van der Waals surface area contributed by atoms with Crippen LogP contribution in [0.15, 0.2) is 17.3 Å². The summed E-state index contributed by atoms with van der Waals surface area (Å²) in [5, 5.41) is 4.85. The van der Waals surface area contributed by atoms with Crippen molar-refractivity contribution in [3.05, 3.63) is 12.3 Å². The van der Waals surface area contributed by atoms with Crippen LogP contribution in [0.2, 0.25) is 0 Å². The van der Waals surface area contributed by atoms with Gasteiger partial charge in [0.2, 0.25) is 0 Å². The number of aryl methyl sites for hydroxylation is 1. The van der Waals surface area contributed by atoms with E-state index in [0.717, 1.165) is 18.2 Å². The van der Waals surface area contributed by atoms with E-state index in [9.17, 15) is 8.42 Å². The number of nitrogens with zero attached hydrogens (tertiary/aromatic N) is 2. The molecule has 0 amide bonds. The molecule has 0 atom stereocenters. The number of sulfonamides is 1. The maximum absolute atomic E-state index is 12.1. The highest BCUT2D eigenvalue weighted by Gasteiger charge is 2.28. The second kappa shape index (κ2) is 6.16. The Bertz CT molecular complexity index is 472. The fourth-order valence-electron chi connectivity index (χ4n) is 1.68. The van der Waals surface area contributed by atoms with E-state index in [0.29, 0.717) is 6.54 Å². The van der Waals surface area contributed by atoms with Gasteiger partial charge in [-0.2, -0.15) is 5.10 Å². The molecular formula is C11H20BrN3O2S. The molecule has 0 spiro atoms. The lowest BCUT2D eigenvalue weighted by Gasteiger charge is -2.29. The van der Waals surface area contributed by atoms with Gasteiger partial charge in [0.15, 0.2) is 5.03 Å². The van der Waals surface area contributed by atoms with E-state index in [-0.39, 0.29) is 10.4 Å². The van der Waals surface area contributed by atoms with Gasteiger partial charge in [0.25, 0.3) is 10.0 Å². The molecule has 0 aromatic carbocycles. The van der Waals surface area contributed by atoms with Gasteiger partial charge in [-0.15, -0.1) is 0 Å². The Kier molecular flexibility index (Phi) is 5.36. The smallest absolute Gasteiger partial charge is 0.256 e. The summed E-state index contributed by atoms with van der Waals surface area (Å²) in [6.07, 6.45) is 3.32. The Balaban J connectivity index is 2.83. The number of alkyl halides is 1. The van der Waals surface area contributed by atoms with Crippen molar-refractivity contribution in [1.29, 1.82) is 0 Å². The average molecular weight is 338 g/mol. The Morgan fingerprint density at radius 1 is 1.44 bits per heavy atom. The molecule has 0 aliphatic carbocycles. The summed E-state index contributed by atoms with van der Waals surface area (Å²) >= 11 is 3.47. The third-order valence-corrected chi connectivity index (χ3v) is 6.14. The molecule has 1 rings (SSSR count). The molecule has 0 fully saturated rings. The SMILES string of the molecule is CCC(CC)(CBr)CNS(=O)(=O)c1ccnn1C. The minimum Gasteiger partial charge on any atom is -0.256 e. The summed E-state index contributed by atoms with van der Waals surface area (Å²) in [7, 11) is -1.86. The van der Waals surface area contributed by atoms with E-state index in [1.165, 1.54) is 16.9 Å². The maximum atomic E-state index is 12.1. The van der Waals surface area contributed by atoms with Gasteiger partial charge in [-0.05, 0) is 24.3 Å². The topological polar surface area (TPSA) is 64.0 Å². The summed E-state index contributed by atoms with van der Waals surface area (Å²) < 4.78 is 28.3. The van der Waals surface area contributed by atoms with Crippen LogP contribution in [0.25, 0.3) is 0 Å². The Morgan fingerprint density at radius 2 is 2.06 bits per heavy atom. The minimum atomic E-state index is -3.48. The zero-order chi connectivity index (χ0) is 13.8. The maximum Gasteiger partial charge on any atom is 0.257 e. The van der Waals surface area contributed by atoms with Crippen molar-refractivity contribution in [2.45, 2.75) is 31.7 Å². The monoisotopic (exact) mass is 337 g/mol. The van der Waals surface area contributed by atoms with Crippen molar-refractivity contribution < 1.29 is 8.42 Å². The van der Waals surface area contributed by atoms with E-state index in [2.05, 4.69) is 39.6 Å². The van der Waals surface area contributed by atoms with Crippen LogP contribution in [0.4, 0.5) is 0 Å². The normalized spacial score (nSPS) is 12.9. The third-order valence-electron chi connectivity index (χ3n) is 3.47. The van der Waals surface area contributed by atoms with Crippen molar-refractivity contribution in [1.82, 2.24) is 14.5 Å². The molecular weight excluding hydrogens is 318 g/mol. The highest BCUT2D eigenvalue weighted by Crippen LogP contribution is 2.28. The molecule has 5 nitrogen and oxygen atoms in total. The van der Waals surface area contributed by atoms with Crippen molar-refractivity contribution in [3.8, 4) is 0 Å². The van der Waals surface area contributed by atoms with Crippen LogP contribution in [-0.2, 0) is 17.1 Å². The summed E-state index contributed by atoms with van der Waals surface area (Å²) in [5.74, 6) is 0. The zero-order valence-electron chi connectivity index (χ0n) is 11.0. The van der Waals surface area contributed by atoms with Gasteiger partial charge in [-0.25, -0.2) is 13.1 Å². The van der Waals surface area contributed by atoms with Crippen molar-refractivity contribution >= 4 is 26.0 Å². The first-order valence-electron chi connectivity index (χ1n) is 5.94. The molecule has 0 saturated heterocycles. The number of nitrogens with one attached hydrogen (secondary N) is 1. The Hall–Kier alpha value is -0.400. The number of hydrogen-bond acceptors (Lipinski definition) is 3. The van der Waals surface area contributed by atoms with Crippen LogP contribution < -0.4 is 4.72 Å². The van der Waals surface area contributed by atoms with Crippen molar-refractivity contribution in [2.24, 2.45) is 12.5 Å². The van der Waals surface area contributed by atoms with Crippen LogP contribution in [0.1, 0.15) is 26.7 Å². The summed E-state index contributed by atoms with van der Waals surface area (Å²) in [6.45, 7) is 4.57. The highest BCUT2D eigenvalue weighted by molar-refractivity contribution is 9.09. The predicted molar refractivity (Wildman–Crippen MR) is 75.2 cm³/mol. The van der Waals surface area contributed by atoms with Crippen molar-refractivity contribution in [2.75, 3.05) is 11.9 Å². The van der Waals surface area contributed by atoms with Gasteiger partial charge >= 0.3 is 0 Å². The molecule has 0 saturated carbocycles. The Labute approximate surface area is 117 Å². The molecule has 18 heavy (non-hydrogen) atoms. The van der Waals surface area contributed by atoms with E-state index in [4.69, 9.17) is 0 Å². The van der Waals surface area contributed by atoms with E-state index < -0.39 is 10.0 Å². The van der Waals surface area contributed by atoms with Crippen LogP contribution in [0.3, 0.4) is 0 Å². The zero-order valence-corrected chi connectivity index (χ0v) is 13.4. The minimum absolute atomic E-state index is 0.0360. The Morgan fingerprint density at radius 3 is 2.44 bits per heavy atom.